The Bertz CT molecular complexity index is 600. The van der Waals surface area contributed by atoms with E-state index in [2.05, 4.69) is 26.2 Å². The highest BCUT2D eigenvalue weighted by Gasteiger charge is 2.26. The van der Waals surface area contributed by atoms with Crippen LogP contribution < -0.4 is 5.32 Å². The number of aromatic nitrogens is 1. The van der Waals surface area contributed by atoms with E-state index in [0.29, 0.717) is 10.2 Å². The number of nitrogens with one attached hydrogen (secondary N) is 1. The summed E-state index contributed by atoms with van der Waals surface area (Å²) in [6.45, 7) is 1.12. The number of carbonyl (C=O) groups is 2. The van der Waals surface area contributed by atoms with Crippen molar-refractivity contribution >= 4 is 37.6 Å². The Hall–Kier alpha value is -1.48. The van der Waals surface area contributed by atoms with Gasteiger partial charge in [0.2, 0.25) is 5.91 Å². The molecule has 0 aliphatic rings. The lowest BCUT2D eigenvalue weighted by Gasteiger charge is -2.13. The van der Waals surface area contributed by atoms with Gasteiger partial charge in [-0.05, 0) is 28.1 Å². The molecule has 1 unspecified atom stereocenters. The van der Waals surface area contributed by atoms with E-state index in [1.807, 2.05) is 0 Å². The molecule has 110 valence electrons. The number of hydrogen-bond acceptors (Lipinski definition) is 5. The average Bonchev–Trinajstić information content (AvgIpc) is 2.30. The number of carboxylic acids is 1. The van der Waals surface area contributed by atoms with Gasteiger partial charge in [-0.2, -0.15) is 0 Å². The Morgan fingerprint density at radius 2 is 2.10 bits per heavy atom. The van der Waals surface area contributed by atoms with Crippen molar-refractivity contribution in [2.24, 2.45) is 0 Å². The third kappa shape index (κ3) is 5.66. The van der Waals surface area contributed by atoms with Crippen molar-refractivity contribution in [1.82, 2.24) is 10.3 Å². The fraction of sp³-hybridized carbons (Fsp3) is 0.364. The minimum Gasteiger partial charge on any atom is -0.480 e. The second-order valence-electron chi connectivity index (χ2n) is 4.11. The Kier molecular flexibility index (Phi) is 5.63. The first-order chi connectivity index (χ1) is 9.19. The largest absolute Gasteiger partial charge is 0.480 e. The van der Waals surface area contributed by atoms with Gasteiger partial charge in [0.1, 0.15) is 6.04 Å². The van der Waals surface area contributed by atoms with E-state index in [1.54, 1.807) is 6.07 Å². The summed E-state index contributed by atoms with van der Waals surface area (Å²) >= 11 is 3.17. The molecule has 1 aromatic rings. The number of amides is 1. The zero-order chi connectivity index (χ0) is 15.3. The zero-order valence-corrected chi connectivity index (χ0v) is 12.9. The maximum Gasteiger partial charge on any atom is 0.327 e. The molecule has 0 aromatic carbocycles. The first-order valence-corrected chi connectivity index (χ1v) is 8.12. The van der Waals surface area contributed by atoms with Gasteiger partial charge in [0.15, 0.2) is 9.84 Å². The van der Waals surface area contributed by atoms with Gasteiger partial charge in [0, 0.05) is 17.6 Å². The van der Waals surface area contributed by atoms with Gasteiger partial charge in [0.05, 0.1) is 17.2 Å². The molecule has 0 aliphatic carbocycles. The lowest BCUT2D eigenvalue weighted by molar-refractivity contribution is -0.140. The summed E-state index contributed by atoms with van der Waals surface area (Å²) in [7, 11) is -3.71. The van der Waals surface area contributed by atoms with Crippen LogP contribution in [0.5, 0.6) is 0 Å². The maximum absolute atomic E-state index is 11.9. The third-order valence-electron chi connectivity index (χ3n) is 2.25. The Balaban J connectivity index is 2.79. The quantitative estimate of drug-likeness (QED) is 0.752. The normalized spacial score (nSPS) is 12.7. The van der Waals surface area contributed by atoms with E-state index in [0.717, 1.165) is 6.92 Å². The molecule has 0 fully saturated rings. The summed E-state index contributed by atoms with van der Waals surface area (Å²) in [5.74, 6) is -3.06. The van der Waals surface area contributed by atoms with Crippen LogP contribution in [0.15, 0.2) is 22.8 Å². The SMILES string of the molecule is CC(=O)NC(CS(=O)(=O)Cc1ccc(Br)cn1)C(=O)O. The molecule has 9 heteroatoms. The lowest BCUT2D eigenvalue weighted by atomic mass is 10.3. The van der Waals surface area contributed by atoms with Crippen molar-refractivity contribution in [2.75, 3.05) is 5.75 Å². The van der Waals surface area contributed by atoms with Gasteiger partial charge < -0.3 is 10.4 Å². The second-order valence-corrected chi connectivity index (χ2v) is 7.14. The van der Waals surface area contributed by atoms with Crippen molar-refractivity contribution in [3.8, 4) is 0 Å². The minimum absolute atomic E-state index is 0.306. The van der Waals surface area contributed by atoms with Crippen molar-refractivity contribution in [3.05, 3.63) is 28.5 Å². The molecule has 0 spiro atoms. The van der Waals surface area contributed by atoms with Crippen molar-refractivity contribution in [1.29, 1.82) is 0 Å². The van der Waals surface area contributed by atoms with E-state index in [9.17, 15) is 18.0 Å². The van der Waals surface area contributed by atoms with E-state index in [-0.39, 0.29) is 5.75 Å². The molecular weight excluding hydrogens is 352 g/mol. The van der Waals surface area contributed by atoms with Crippen LogP contribution in [0.1, 0.15) is 12.6 Å². The smallest absolute Gasteiger partial charge is 0.327 e. The molecule has 1 rings (SSSR count). The fourth-order valence-electron chi connectivity index (χ4n) is 1.45. The number of carboxylic acid groups (broad SMARTS) is 1. The van der Waals surface area contributed by atoms with Crippen LogP contribution in [0.2, 0.25) is 0 Å². The van der Waals surface area contributed by atoms with E-state index >= 15 is 0 Å². The number of pyridine rings is 1. The highest BCUT2D eigenvalue weighted by atomic mass is 79.9. The van der Waals surface area contributed by atoms with Crippen LogP contribution in [-0.2, 0) is 25.2 Å². The predicted octanol–water partition coefficient (Wildman–Crippen LogP) is 0.348. The molecule has 1 heterocycles. The molecule has 20 heavy (non-hydrogen) atoms. The Morgan fingerprint density at radius 1 is 1.45 bits per heavy atom. The third-order valence-corrected chi connectivity index (χ3v) is 4.30. The number of halogens is 1. The van der Waals surface area contributed by atoms with Crippen LogP contribution >= 0.6 is 15.9 Å². The summed E-state index contributed by atoms with van der Waals surface area (Å²) < 4.78 is 24.5. The molecule has 2 N–H and O–H groups in total. The molecule has 0 aliphatic heterocycles. The maximum atomic E-state index is 11.9. The van der Waals surface area contributed by atoms with Gasteiger partial charge >= 0.3 is 5.97 Å². The molecule has 0 bridgehead atoms. The highest BCUT2D eigenvalue weighted by molar-refractivity contribution is 9.10. The Labute approximate surface area is 124 Å². The number of carbonyl (C=O) groups excluding carboxylic acids is 1. The van der Waals surface area contributed by atoms with Gasteiger partial charge in [0.25, 0.3) is 0 Å². The Morgan fingerprint density at radius 3 is 2.55 bits per heavy atom. The van der Waals surface area contributed by atoms with E-state index in [4.69, 9.17) is 5.11 Å². The van der Waals surface area contributed by atoms with Gasteiger partial charge in [-0.1, -0.05) is 0 Å². The van der Waals surface area contributed by atoms with Crippen molar-refractivity contribution < 1.29 is 23.1 Å². The van der Waals surface area contributed by atoms with Crippen molar-refractivity contribution in [2.45, 2.75) is 18.7 Å². The van der Waals surface area contributed by atoms with Crippen LogP contribution in [-0.4, -0.2) is 42.2 Å². The monoisotopic (exact) mass is 364 g/mol. The van der Waals surface area contributed by atoms with Crippen LogP contribution in [0.25, 0.3) is 0 Å². The van der Waals surface area contributed by atoms with Crippen LogP contribution in [0.3, 0.4) is 0 Å². The summed E-state index contributed by atoms with van der Waals surface area (Å²) in [5, 5.41) is 11.0. The number of rotatable bonds is 6. The molecule has 1 aromatic heterocycles. The summed E-state index contributed by atoms with van der Waals surface area (Å²) in [4.78, 5) is 25.7. The molecule has 1 amide bonds. The zero-order valence-electron chi connectivity index (χ0n) is 10.5. The predicted molar refractivity (Wildman–Crippen MR) is 74.7 cm³/mol. The van der Waals surface area contributed by atoms with E-state index in [1.165, 1.54) is 12.3 Å². The van der Waals surface area contributed by atoms with Gasteiger partial charge in [-0.25, -0.2) is 13.2 Å². The summed E-state index contributed by atoms with van der Waals surface area (Å²) in [6.07, 6.45) is 1.45. The summed E-state index contributed by atoms with van der Waals surface area (Å²) in [6, 6.07) is 1.70. The molecule has 0 saturated heterocycles. The van der Waals surface area contributed by atoms with Gasteiger partial charge in [-0.15, -0.1) is 0 Å². The molecule has 7 nitrogen and oxygen atoms in total. The van der Waals surface area contributed by atoms with Crippen LogP contribution in [0, 0.1) is 0 Å². The number of aliphatic carboxylic acids is 1. The summed E-state index contributed by atoms with van der Waals surface area (Å²) in [5.41, 5.74) is 0.306. The van der Waals surface area contributed by atoms with Gasteiger partial charge in [-0.3, -0.25) is 9.78 Å². The van der Waals surface area contributed by atoms with Crippen molar-refractivity contribution in [3.63, 3.8) is 0 Å². The molecule has 1 atom stereocenters. The van der Waals surface area contributed by atoms with Crippen LogP contribution in [0.4, 0.5) is 0 Å². The minimum atomic E-state index is -3.71. The molecule has 0 radical (unpaired) electrons. The molecular formula is C11H13BrN2O5S. The lowest BCUT2D eigenvalue weighted by Crippen LogP contribution is -2.44. The fourth-order valence-corrected chi connectivity index (χ4v) is 3.16. The van der Waals surface area contributed by atoms with E-state index < -0.39 is 33.5 Å². The number of hydrogen-bond donors (Lipinski definition) is 2. The first kappa shape index (κ1) is 16.6. The topological polar surface area (TPSA) is 113 Å². The second kappa shape index (κ2) is 6.80. The molecule has 0 saturated carbocycles. The number of sulfone groups is 1. The standard InChI is InChI=1S/C11H13BrN2O5S/c1-7(15)14-10(11(16)17)6-20(18,19)5-9-3-2-8(12)4-13-9/h2-4,10H,5-6H2,1H3,(H,14,15)(H,16,17). The highest BCUT2D eigenvalue weighted by Crippen LogP contribution is 2.10. The average molecular weight is 365 g/mol. The number of nitrogens with zero attached hydrogens (tertiary/aromatic N) is 1. The first-order valence-electron chi connectivity index (χ1n) is 5.50.